The third-order valence-electron chi connectivity index (χ3n) is 5.37. The van der Waals surface area contributed by atoms with Crippen LogP contribution in [0.5, 0.6) is 0 Å². The lowest BCUT2D eigenvalue weighted by molar-refractivity contribution is 0.102. The zero-order valence-corrected chi connectivity index (χ0v) is 19.0. The first-order chi connectivity index (χ1) is 15.6. The van der Waals surface area contributed by atoms with Crippen molar-refractivity contribution >= 4 is 38.3 Å². The van der Waals surface area contributed by atoms with E-state index in [-0.39, 0.29) is 5.91 Å². The number of aromatic nitrogens is 2. The molecule has 0 unspecified atom stereocenters. The second kappa shape index (κ2) is 8.44. The van der Waals surface area contributed by atoms with E-state index in [9.17, 15) is 4.79 Å². The van der Waals surface area contributed by atoms with Crippen LogP contribution in [-0.2, 0) is 0 Å². The normalized spacial score (nSPS) is 10.9. The van der Waals surface area contributed by atoms with Gasteiger partial charge in [-0.15, -0.1) is 0 Å². The Bertz CT molecular complexity index is 1430. The Morgan fingerprint density at radius 3 is 2.44 bits per heavy atom. The number of benzene rings is 4. The predicted octanol–water partition coefficient (Wildman–Crippen LogP) is 7.02. The van der Waals surface area contributed by atoms with Gasteiger partial charge in [0.2, 0.25) is 0 Å². The first-order valence-corrected chi connectivity index (χ1v) is 11.1. The van der Waals surface area contributed by atoms with E-state index in [2.05, 4.69) is 52.4 Å². The molecule has 1 amide bonds. The Hall–Kier alpha value is -3.70. The highest BCUT2D eigenvalue weighted by molar-refractivity contribution is 9.10. The van der Waals surface area contributed by atoms with Gasteiger partial charge in [0.1, 0.15) is 0 Å². The summed E-state index contributed by atoms with van der Waals surface area (Å²) in [6.45, 7) is 2.05. The second-order valence-corrected chi connectivity index (χ2v) is 8.57. The van der Waals surface area contributed by atoms with Crippen molar-refractivity contribution in [1.82, 2.24) is 9.78 Å². The maximum atomic E-state index is 13.1. The van der Waals surface area contributed by atoms with Crippen molar-refractivity contribution in [2.24, 2.45) is 0 Å². The number of amides is 1. The Labute approximate surface area is 194 Å². The molecule has 4 aromatic carbocycles. The van der Waals surface area contributed by atoms with Crippen molar-refractivity contribution in [3.05, 3.63) is 113 Å². The van der Waals surface area contributed by atoms with Crippen LogP contribution in [0, 0.1) is 6.92 Å². The Balaban J connectivity index is 1.64. The maximum Gasteiger partial charge on any atom is 0.276 e. The molecule has 0 aliphatic carbocycles. The second-order valence-electron chi connectivity index (χ2n) is 7.65. The molecule has 4 nitrogen and oxygen atoms in total. The van der Waals surface area contributed by atoms with Crippen molar-refractivity contribution in [2.75, 3.05) is 5.32 Å². The molecule has 1 heterocycles. The van der Waals surface area contributed by atoms with E-state index < -0.39 is 0 Å². The standard InChI is InChI=1S/C27H20BrN3O/c1-18-12-14-22(15-13-18)31-26(24-11-4-7-19-6-2-3-10-23(19)24)17-25(30-31)27(32)29-21-9-5-8-20(28)16-21/h2-17H,1H3,(H,29,32). The first-order valence-electron chi connectivity index (χ1n) is 10.3. The third-order valence-corrected chi connectivity index (χ3v) is 5.86. The molecule has 0 spiro atoms. The summed E-state index contributed by atoms with van der Waals surface area (Å²) in [4.78, 5) is 13.1. The molecule has 0 fully saturated rings. The minimum absolute atomic E-state index is 0.254. The number of nitrogens with one attached hydrogen (secondary N) is 1. The number of carbonyl (C=O) groups excluding carboxylic acids is 1. The number of fused-ring (bicyclic) bond motifs is 1. The summed E-state index contributed by atoms with van der Waals surface area (Å²) in [7, 11) is 0. The van der Waals surface area contributed by atoms with Gasteiger partial charge >= 0.3 is 0 Å². The summed E-state index contributed by atoms with van der Waals surface area (Å²) in [6, 6.07) is 31.9. The fraction of sp³-hybridized carbons (Fsp3) is 0.0370. The molecule has 0 atom stereocenters. The number of hydrogen-bond donors (Lipinski definition) is 1. The molecular weight excluding hydrogens is 462 g/mol. The van der Waals surface area contributed by atoms with Crippen LogP contribution in [0.25, 0.3) is 27.7 Å². The number of aryl methyl sites for hydroxylation is 1. The molecule has 32 heavy (non-hydrogen) atoms. The van der Waals surface area contributed by atoms with E-state index in [4.69, 9.17) is 5.10 Å². The van der Waals surface area contributed by atoms with Gasteiger partial charge in [0.15, 0.2) is 5.69 Å². The largest absolute Gasteiger partial charge is 0.321 e. The van der Waals surface area contributed by atoms with E-state index in [1.807, 2.05) is 77.5 Å². The molecule has 0 saturated carbocycles. The van der Waals surface area contributed by atoms with Gasteiger partial charge in [0.05, 0.1) is 11.4 Å². The number of carbonyl (C=O) groups is 1. The van der Waals surface area contributed by atoms with Crippen LogP contribution in [0.3, 0.4) is 0 Å². The Kier molecular flexibility index (Phi) is 5.33. The molecule has 5 rings (SSSR count). The molecule has 156 valence electrons. The maximum absolute atomic E-state index is 13.1. The molecule has 5 heteroatoms. The summed E-state index contributed by atoms with van der Waals surface area (Å²) < 4.78 is 2.74. The van der Waals surface area contributed by atoms with Crippen molar-refractivity contribution < 1.29 is 4.79 Å². The quantitative estimate of drug-likeness (QED) is 0.299. The van der Waals surface area contributed by atoms with E-state index >= 15 is 0 Å². The molecule has 0 aliphatic heterocycles. The highest BCUT2D eigenvalue weighted by Crippen LogP contribution is 2.31. The van der Waals surface area contributed by atoms with Crippen molar-refractivity contribution in [2.45, 2.75) is 6.92 Å². The van der Waals surface area contributed by atoms with E-state index in [0.717, 1.165) is 32.2 Å². The highest BCUT2D eigenvalue weighted by atomic mass is 79.9. The van der Waals surface area contributed by atoms with E-state index in [1.165, 1.54) is 5.56 Å². The lowest BCUT2D eigenvalue weighted by Crippen LogP contribution is -2.13. The van der Waals surface area contributed by atoms with E-state index in [0.29, 0.717) is 11.4 Å². The van der Waals surface area contributed by atoms with Crippen LogP contribution in [0.2, 0.25) is 0 Å². The molecule has 0 aliphatic rings. The van der Waals surface area contributed by atoms with Crippen LogP contribution in [0.1, 0.15) is 16.1 Å². The van der Waals surface area contributed by atoms with Gasteiger partial charge in [0, 0.05) is 15.7 Å². The zero-order chi connectivity index (χ0) is 22.1. The average molecular weight is 482 g/mol. The van der Waals surface area contributed by atoms with Gasteiger partial charge in [-0.2, -0.15) is 5.10 Å². The fourth-order valence-corrected chi connectivity index (χ4v) is 4.18. The molecular formula is C27H20BrN3O. The fourth-order valence-electron chi connectivity index (χ4n) is 3.78. The van der Waals surface area contributed by atoms with Gasteiger partial charge in [-0.25, -0.2) is 4.68 Å². The highest BCUT2D eigenvalue weighted by Gasteiger charge is 2.18. The molecule has 1 N–H and O–H groups in total. The first kappa shape index (κ1) is 20.2. The van der Waals surface area contributed by atoms with Crippen LogP contribution < -0.4 is 5.32 Å². The van der Waals surface area contributed by atoms with Crippen LogP contribution in [0.4, 0.5) is 5.69 Å². The number of hydrogen-bond acceptors (Lipinski definition) is 2. The van der Waals surface area contributed by atoms with Gasteiger partial charge in [0.25, 0.3) is 5.91 Å². The summed E-state index contributed by atoms with van der Waals surface area (Å²) in [5, 5.41) is 9.90. The van der Waals surface area contributed by atoms with Crippen molar-refractivity contribution in [3.63, 3.8) is 0 Å². The summed E-state index contributed by atoms with van der Waals surface area (Å²) in [5.41, 5.74) is 5.03. The Morgan fingerprint density at radius 2 is 1.62 bits per heavy atom. The average Bonchev–Trinajstić information content (AvgIpc) is 3.25. The lowest BCUT2D eigenvalue weighted by Gasteiger charge is -2.10. The summed E-state index contributed by atoms with van der Waals surface area (Å²) in [6.07, 6.45) is 0. The van der Waals surface area contributed by atoms with E-state index in [1.54, 1.807) is 0 Å². The molecule has 1 aromatic heterocycles. The van der Waals surface area contributed by atoms with Gasteiger partial charge in [-0.3, -0.25) is 4.79 Å². The Morgan fingerprint density at radius 1 is 0.875 bits per heavy atom. The SMILES string of the molecule is Cc1ccc(-n2nc(C(=O)Nc3cccc(Br)c3)cc2-c2cccc3ccccc23)cc1. The minimum atomic E-state index is -0.254. The molecule has 0 saturated heterocycles. The summed E-state index contributed by atoms with van der Waals surface area (Å²) in [5.74, 6) is -0.254. The minimum Gasteiger partial charge on any atom is -0.321 e. The monoisotopic (exact) mass is 481 g/mol. The molecule has 5 aromatic rings. The zero-order valence-electron chi connectivity index (χ0n) is 17.4. The topological polar surface area (TPSA) is 46.9 Å². The predicted molar refractivity (Wildman–Crippen MR) is 133 cm³/mol. The lowest BCUT2D eigenvalue weighted by atomic mass is 10.0. The smallest absolute Gasteiger partial charge is 0.276 e. The number of halogens is 1. The molecule has 0 bridgehead atoms. The van der Waals surface area contributed by atoms with Gasteiger partial charge < -0.3 is 5.32 Å². The van der Waals surface area contributed by atoms with Crippen LogP contribution in [0.15, 0.2) is 102 Å². The van der Waals surface area contributed by atoms with Gasteiger partial charge in [-0.05, 0) is 54.1 Å². The third kappa shape index (κ3) is 3.95. The van der Waals surface area contributed by atoms with Crippen LogP contribution >= 0.6 is 15.9 Å². The number of anilines is 1. The van der Waals surface area contributed by atoms with Crippen molar-refractivity contribution in [3.8, 4) is 16.9 Å². The van der Waals surface area contributed by atoms with Gasteiger partial charge in [-0.1, -0.05) is 82.2 Å². The number of rotatable bonds is 4. The summed E-state index contributed by atoms with van der Waals surface area (Å²) >= 11 is 3.44. The van der Waals surface area contributed by atoms with Crippen LogP contribution in [-0.4, -0.2) is 15.7 Å². The molecule has 0 radical (unpaired) electrons. The van der Waals surface area contributed by atoms with Crippen molar-refractivity contribution in [1.29, 1.82) is 0 Å². The number of nitrogens with zero attached hydrogens (tertiary/aromatic N) is 2.